The van der Waals surface area contributed by atoms with Crippen molar-refractivity contribution in [2.45, 2.75) is 76.8 Å². The lowest BCUT2D eigenvalue weighted by atomic mass is 9.92. The fourth-order valence-electron chi connectivity index (χ4n) is 3.74. The predicted octanol–water partition coefficient (Wildman–Crippen LogP) is 2.95. The van der Waals surface area contributed by atoms with E-state index in [2.05, 4.69) is 17.1 Å². The molecule has 1 aliphatic carbocycles. The van der Waals surface area contributed by atoms with E-state index in [0.29, 0.717) is 11.9 Å². The maximum atomic E-state index is 12.6. The van der Waals surface area contributed by atoms with E-state index in [9.17, 15) is 4.79 Å². The van der Waals surface area contributed by atoms with Gasteiger partial charge < -0.3 is 10.2 Å². The van der Waals surface area contributed by atoms with Crippen molar-refractivity contribution in [1.29, 1.82) is 0 Å². The van der Waals surface area contributed by atoms with E-state index in [0.717, 1.165) is 18.9 Å². The quantitative estimate of drug-likeness (QED) is 0.794. The molecule has 110 valence electrons. The van der Waals surface area contributed by atoms with Crippen molar-refractivity contribution in [1.82, 2.24) is 10.2 Å². The van der Waals surface area contributed by atoms with Gasteiger partial charge in [0.05, 0.1) is 6.04 Å². The van der Waals surface area contributed by atoms with E-state index in [1.807, 2.05) is 7.05 Å². The van der Waals surface area contributed by atoms with Crippen LogP contribution >= 0.6 is 0 Å². The molecule has 1 aliphatic heterocycles. The molecule has 2 atom stereocenters. The summed E-state index contributed by atoms with van der Waals surface area (Å²) in [6, 6.07) is 0.487. The molecule has 0 bridgehead atoms. The number of hydrogen-bond donors (Lipinski definition) is 1. The van der Waals surface area contributed by atoms with Gasteiger partial charge in [-0.15, -0.1) is 0 Å². The van der Waals surface area contributed by atoms with E-state index in [1.54, 1.807) is 0 Å². The normalized spacial score (nSPS) is 27.3. The number of carbonyl (C=O) groups excluding carboxylic acids is 1. The number of hydrogen-bond acceptors (Lipinski definition) is 2. The van der Waals surface area contributed by atoms with E-state index in [1.165, 1.54) is 51.4 Å². The highest BCUT2D eigenvalue weighted by Gasteiger charge is 2.31. The van der Waals surface area contributed by atoms with Crippen LogP contribution in [0, 0.1) is 5.92 Å². The molecule has 19 heavy (non-hydrogen) atoms. The lowest BCUT2D eigenvalue weighted by Crippen LogP contribution is -2.47. The molecule has 1 saturated carbocycles. The average molecular weight is 266 g/mol. The van der Waals surface area contributed by atoms with Crippen molar-refractivity contribution < 1.29 is 4.79 Å². The molecule has 0 aromatic carbocycles. The molecule has 1 heterocycles. The Morgan fingerprint density at radius 3 is 2.37 bits per heavy atom. The molecule has 0 unspecified atom stereocenters. The summed E-state index contributed by atoms with van der Waals surface area (Å²) in [6.45, 7) is 3.14. The van der Waals surface area contributed by atoms with Crippen LogP contribution < -0.4 is 5.32 Å². The summed E-state index contributed by atoms with van der Waals surface area (Å²) >= 11 is 0. The van der Waals surface area contributed by atoms with Crippen LogP contribution in [0.1, 0.15) is 64.7 Å². The number of nitrogens with zero attached hydrogens (tertiary/aromatic N) is 1. The van der Waals surface area contributed by atoms with Gasteiger partial charge in [0, 0.05) is 12.6 Å². The van der Waals surface area contributed by atoms with Gasteiger partial charge in [0.15, 0.2) is 0 Å². The molecule has 1 amide bonds. The summed E-state index contributed by atoms with van der Waals surface area (Å²) in [4.78, 5) is 14.7. The van der Waals surface area contributed by atoms with E-state index >= 15 is 0 Å². The molecular weight excluding hydrogens is 236 g/mol. The highest BCUT2D eigenvalue weighted by molar-refractivity contribution is 5.82. The third-order valence-electron chi connectivity index (χ3n) is 5.03. The van der Waals surface area contributed by atoms with Crippen LogP contribution in [0.25, 0.3) is 0 Å². The maximum Gasteiger partial charge on any atom is 0.239 e. The Morgan fingerprint density at radius 2 is 1.84 bits per heavy atom. The summed E-state index contributed by atoms with van der Waals surface area (Å²) in [5.41, 5.74) is 0. The number of amides is 1. The van der Waals surface area contributed by atoms with Crippen molar-refractivity contribution in [3.8, 4) is 0 Å². The Kier molecular flexibility index (Phi) is 5.68. The molecule has 0 spiro atoms. The van der Waals surface area contributed by atoms with Crippen molar-refractivity contribution in [3.05, 3.63) is 0 Å². The topological polar surface area (TPSA) is 32.3 Å². The fourth-order valence-corrected chi connectivity index (χ4v) is 3.74. The first-order chi connectivity index (χ1) is 9.22. The Morgan fingerprint density at radius 1 is 1.16 bits per heavy atom. The molecule has 3 heteroatoms. The standard InChI is InChI=1S/C16H30N2O/c1-13-8-7-11-18(13)16(19)15(17-2)12-14-9-5-3-4-6-10-14/h13-15,17H,3-12H2,1-2H3/t13-,15-/m1/s1. The average Bonchev–Trinajstić information content (AvgIpc) is 2.68. The monoisotopic (exact) mass is 266 g/mol. The van der Waals surface area contributed by atoms with Gasteiger partial charge in [0.25, 0.3) is 0 Å². The summed E-state index contributed by atoms with van der Waals surface area (Å²) in [7, 11) is 1.94. The molecule has 2 rings (SSSR count). The maximum absolute atomic E-state index is 12.6. The molecule has 2 aliphatic rings. The van der Waals surface area contributed by atoms with Gasteiger partial charge in [0.1, 0.15) is 0 Å². The largest absolute Gasteiger partial charge is 0.339 e. The van der Waals surface area contributed by atoms with E-state index < -0.39 is 0 Å². The lowest BCUT2D eigenvalue weighted by molar-refractivity contribution is -0.134. The number of carbonyl (C=O) groups is 1. The second-order valence-corrected chi connectivity index (χ2v) is 6.46. The fraction of sp³-hybridized carbons (Fsp3) is 0.938. The Balaban J connectivity index is 1.89. The highest BCUT2D eigenvalue weighted by atomic mass is 16.2. The molecule has 1 saturated heterocycles. The smallest absolute Gasteiger partial charge is 0.239 e. The number of likely N-dealkylation sites (N-methyl/N-ethyl adjacent to an activating group) is 1. The number of nitrogens with one attached hydrogen (secondary N) is 1. The molecule has 3 nitrogen and oxygen atoms in total. The number of likely N-dealkylation sites (tertiary alicyclic amines) is 1. The van der Waals surface area contributed by atoms with Crippen LogP contribution in [0.3, 0.4) is 0 Å². The highest BCUT2D eigenvalue weighted by Crippen LogP contribution is 2.27. The minimum absolute atomic E-state index is 0.0450. The van der Waals surface area contributed by atoms with Crippen LogP contribution in [0.15, 0.2) is 0 Å². The van der Waals surface area contributed by atoms with Crippen LogP contribution in [0.4, 0.5) is 0 Å². The summed E-state index contributed by atoms with van der Waals surface area (Å²) in [6.07, 6.45) is 11.5. The van der Waals surface area contributed by atoms with Crippen molar-refractivity contribution >= 4 is 5.91 Å². The minimum atomic E-state index is 0.0450. The molecule has 0 aromatic heterocycles. The molecule has 0 radical (unpaired) electrons. The van der Waals surface area contributed by atoms with Crippen LogP contribution in [0.5, 0.6) is 0 Å². The second-order valence-electron chi connectivity index (χ2n) is 6.46. The SMILES string of the molecule is CN[C@H](CC1CCCCCC1)C(=O)N1CCC[C@H]1C. The van der Waals surface area contributed by atoms with Crippen LogP contribution in [0.2, 0.25) is 0 Å². The zero-order valence-electron chi connectivity index (χ0n) is 12.7. The Labute approximate surface area is 118 Å². The Hall–Kier alpha value is -0.570. The van der Waals surface area contributed by atoms with Gasteiger partial charge in [-0.25, -0.2) is 0 Å². The first kappa shape index (κ1) is 14.8. The van der Waals surface area contributed by atoms with Crippen molar-refractivity contribution in [2.75, 3.05) is 13.6 Å². The number of rotatable bonds is 4. The van der Waals surface area contributed by atoms with Gasteiger partial charge >= 0.3 is 0 Å². The summed E-state index contributed by atoms with van der Waals surface area (Å²) in [5, 5.41) is 3.28. The van der Waals surface area contributed by atoms with Gasteiger partial charge in [-0.3, -0.25) is 4.79 Å². The van der Waals surface area contributed by atoms with Crippen molar-refractivity contribution in [2.24, 2.45) is 5.92 Å². The molecule has 1 N–H and O–H groups in total. The zero-order valence-corrected chi connectivity index (χ0v) is 12.7. The molecule has 2 fully saturated rings. The van der Waals surface area contributed by atoms with Gasteiger partial charge in [-0.1, -0.05) is 38.5 Å². The third kappa shape index (κ3) is 3.95. The van der Waals surface area contributed by atoms with Crippen molar-refractivity contribution in [3.63, 3.8) is 0 Å². The summed E-state index contributed by atoms with van der Waals surface area (Å²) in [5.74, 6) is 1.10. The van der Waals surface area contributed by atoms with Crippen LogP contribution in [-0.4, -0.2) is 36.5 Å². The van der Waals surface area contributed by atoms with Gasteiger partial charge in [0.2, 0.25) is 5.91 Å². The minimum Gasteiger partial charge on any atom is -0.339 e. The predicted molar refractivity (Wildman–Crippen MR) is 79.1 cm³/mol. The zero-order chi connectivity index (χ0) is 13.7. The Bertz CT molecular complexity index is 284. The third-order valence-corrected chi connectivity index (χ3v) is 5.03. The van der Waals surface area contributed by atoms with Gasteiger partial charge in [-0.05, 0) is 39.2 Å². The first-order valence-corrected chi connectivity index (χ1v) is 8.20. The first-order valence-electron chi connectivity index (χ1n) is 8.20. The molecular formula is C16H30N2O. The van der Waals surface area contributed by atoms with Gasteiger partial charge in [-0.2, -0.15) is 0 Å². The van der Waals surface area contributed by atoms with E-state index in [4.69, 9.17) is 0 Å². The molecule has 0 aromatic rings. The second kappa shape index (κ2) is 7.28. The van der Waals surface area contributed by atoms with Crippen LogP contribution in [-0.2, 0) is 4.79 Å². The lowest BCUT2D eigenvalue weighted by Gasteiger charge is -2.28. The van der Waals surface area contributed by atoms with E-state index in [-0.39, 0.29) is 6.04 Å². The summed E-state index contributed by atoms with van der Waals surface area (Å²) < 4.78 is 0.